The van der Waals surface area contributed by atoms with Crippen molar-refractivity contribution in [1.82, 2.24) is 14.8 Å². The second kappa shape index (κ2) is 4.76. The lowest BCUT2D eigenvalue weighted by Crippen LogP contribution is -2.18. The molecule has 1 atom stereocenters. The van der Waals surface area contributed by atoms with Crippen LogP contribution in [0.15, 0.2) is 35.1 Å². The minimum Gasteiger partial charge on any atom is -0.329 e. The Labute approximate surface area is 103 Å². The van der Waals surface area contributed by atoms with E-state index < -0.39 is 0 Å². The molecule has 1 aromatic carbocycles. The number of halogens is 1. The molecule has 84 valence electrons. The van der Waals surface area contributed by atoms with E-state index in [-0.39, 0.29) is 5.92 Å². The maximum Gasteiger partial charge on any atom is 0.138 e. The summed E-state index contributed by atoms with van der Waals surface area (Å²) in [5.74, 6) is 0.991. The van der Waals surface area contributed by atoms with Gasteiger partial charge in [-0.3, -0.25) is 4.68 Å². The van der Waals surface area contributed by atoms with Crippen LogP contribution >= 0.6 is 15.9 Å². The zero-order valence-electron chi connectivity index (χ0n) is 8.97. The Hall–Kier alpha value is -1.20. The third-order valence-electron chi connectivity index (χ3n) is 2.57. The molecule has 0 aliphatic heterocycles. The standard InChI is InChI=1S/C11H13BrN4/c1-16-11(14-7-15-16)10(6-13)8-2-4-9(12)5-3-8/h2-5,7,10H,6,13H2,1H3. The highest BCUT2D eigenvalue weighted by Gasteiger charge is 2.16. The molecule has 0 aliphatic carbocycles. The molecule has 2 N–H and O–H groups in total. The van der Waals surface area contributed by atoms with Crippen molar-refractivity contribution in [3.05, 3.63) is 46.5 Å². The zero-order valence-corrected chi connectivity index (χ0v) is 10.6. The van der Waals surface area contributed by atoms with Crippen LogP contribution in [-0.4, -0.2) is 21.3 Å². The molecule has 0 bridgehead atoms. The van der Waals surface area contributed by atoms with Gasteiger partial charge in [-0.25, -0.2) is 4.98 Å². The lowest BCUT2D eigenvalue weighted by molar-refractivity contribution is 0.649. The fraction of sp³-hybridized carbons (Fsp3) is 0.273. The highest BCUT2D eigenvalue weighted by atomic mass is 79.9. The lowest BCUT2D eigenvalue weighted by atomic mass is 9.98. The normalized spacial score (nSPS) is 12.7. The summed E-state index contributed by atoms with van der Waals surface area (Å²) in [6.45, 7) is 0.522. The molecule has 5 heteroatoms. The molecule has 1 unspecified atom stereocenters. The second-order valence-corrected chi connectivity index (χ2v) is 4.50. The molecular weight excluding hydrogens is 268 g/mol. The predicted octanol–water partition coefficient (Wildman–Crippen LogP) is 1.67. The van der Waals surface area contributed by atoms with Crippen LogP contribution in [-0.2, 0) is 7.05 Å². The Morgan fingerprint density at radius 2 is 2.06 bits per heavy atom. The van der Waals surface area contributed by atoms with Gasteiger partial charge in [0.05, 0.1) is 5.92 Å². The first kappa shape index (κ1) is 11.3. The molecule has 0 spiro atoms. The van der Waals surface area contributed by atoms with Gasteiger partial charge in [-0.2, -0.15) is 5.10 Å². The minimum atomic E-state index is 0.0978. The number of rotatable bonds is 3. The third-order valence-corrected chi connectivity index (χ3v) is 3.09. The van der Waals surface area contributed by atoms with Crippen molar-refractivity contribution in [2.45, 2.75) is 5.92 Å². The molecule has 2 rings (SSSR count). The maximum absolute atomic E-state index is 5.81. The molecule has 0 saturated heterocycles. The number of aromatic nitrogens is 3. The molecule has 0 radical (unpaired) electrons. The molecule has 0 saturated carbocycles. The van der Waals surface area contributed by atoms with Crippen molar-refractivity contribution < 1.29 is 0 Å². The van der Waals surface area contributed by atoms with Crippen LogP contribution in [0, 0.1) is 0 Å². The first-order chi connectivity index (χ1) is 7.72. The second-order valence-electron chi connectivity index (χ2n) is 3.58. The highest BCUT2D eigenvalue weighted by Crippen LogP contribution is 2.22. The van der Waals surface area contributed by atoms with E-state index in [1.807, 2.05) is 19.2 Å². The third kappa shape index (κ3) is 2.15. The fourth-order valence-corrected chi connectivity index (χ4v) is 1.97. The molecule has 0 amide bonds. The van der Waals surface area contributed by atoms with Gasteiger partial charge in [0, 0.05) is 18.1 Å². The summed E-state index contributed by atoms with van der Waals surface area (Å²) in [5.41, 5.74) is 6.96. The van der Waals surface area contributed by atoms with Gasteiger partial charge in [0.1, 0.15) is 12.2 Å². The highest BCUT2D eigenvalue weighted by molar-refractivity contribution is 9.10. The van der Waals surface area contributed by atoms with Crippen LogP contribution in [0.1, 0.15) is 17.3 Å². The van der Waals surface area contributed by atoms with Gasteiger partial charge in [-0.1, -0.05) is 28.1 Å². The summed E-state index contributed by atoms with van der Waals surface area (Å²) >= 11 is 3.42. The molecule has 0 aliphatic rings. The van der Waals surface area contributed by atoms with Gasteiger partial charge in [0.25, 0.3) is 0 Å². The summed E-state index contributed by atoms with van der Waals surface area (Å²) in [4.78, 5) is 4.25. The van der Waals surface area contributed by atoms with E-state index in [1.165, 1.54) is 0 Å². The van der Waals surface area contributed by atoms with Crippen LogP contribution in [0.3, 0.4) is 0 Å². The van der Waals surface area contributed by atoms with E-state index in [4.69, 9.17) is 5.73 Å². The van der Waals surface area contributed by atoms with Crippen LogP contribution < -0.4 is 5.73 Å². The molecule has 16 heavy (non-hydrogen) atoms. The first-order valence-electron chi connectivity index (χ1n) is 5.02. The van der Waals surface area contributed by atoms with Crippen molar-refractivity contribution in [3.8, 4) is 0 Å². The quantitative estimate of drug-likeness (QED) is 0.931. The van der Waals surface area contributed by atoms with E-state index in [2.05, 4.69) is 38.1 Å². The maximum atomic E-state index is 5.81. The van der Waals surface area contributed by atoms with Gasteiger partial charge in [0.2, 0.25) is 0 Å². The van der Waals surface area contributed by atoms with Crippen molar-refractivity contribution in [2.75, 3.05) is 6.54 Å². The summed E-state index contributed by atoms with van der Waals surface area (Å²) < 4.78 is 2.82. The van der Waals surface area contributed by atoms with Crippen molar-refractivity contribution in [1.29, 1.82) is 0 Å². The molecule has 2 aromatic rings. The Bertz CT molecular complexity index is 463. The number of aryl methyl sites for hydroxylation is 1. The number of hydrogen-bond acceptors (Lipinski definition) is 3. The van der Waals surface area contributed by atoms with Crippen LogP contribution in [0.4, 0.5) is 0 Å². The monoisotopic (exact) mass is 280 g/mol. The smallest absolute Gasteiger partial charge is 0.138 e. The largest absolute Gasteiger partial charge is 0.329 e. The van der Waals surface area contributed by atoms with Crippen molar-refractivity contribution in [3.63, 3.8) is 0 Å². The van der Waals surface area contributed by atoms with E-state index in [9.17, 15) is 0 Å². The molecule has 1 heterocycles. The van der Waals surface area contributed by atoms with Gasteiger partial charge in [-0.15, -0.1) is 0 Å². The average Bonchev–Trinajstić information content (AvgIpc) is 2.69. The summed E-state index contributed by atoms with van der Waals surface area (Å²) in [6.07, 6.45) is 1.55. The Balaban J connectivity index is 2.37. The van der Waals surface area contributed by atoms with Gasteiger partial charge in [0.15, 0.2) is 0 Å². The van der Waals surface area contributed by atoms with Crippen LogP contribution in [0.2, 0.25) is 0 Å². The number of nitrogens with two attached hydrogens (primary N) is 1. The van der Waals surface area contributed by atoms with Crippen LogP contribution in [0.5, 0.6) is 0 Å². The van der Waals surface area contributed by atoms with Gasteiger partial charge >= 0.3 is 0 Å². The van der Waals surface area contributed by atoms with Gasteiger partial charge < -0.3 is 5.73 Å². The SMILES string of the molecule is Cn1ncnc1C(CN)c1ccc(Br)cc1. The molecule has 1 aromatic heterocycles. The van der Waals surface area contributed by atoms with E-state index in [1.54, 1.807) is 11.0 Å². The summed E-state index contributed by atoms with van der Waals surface area (Å²) in [6, 6.07) is 8.12. The molecule has 0 fully saturated rings. The lowest BCUT2D eigenvalue weighted by Gasteiger charge is -2.14. The summed E-state index contributed by atoms with van der Waals surface area (Å²) in [7, 11) is 1.88. The zero-order chi connectivity index (χ0) is 11.5. The van der Waals surface area contributed by atoms with E-state index in [0.717, 1.165) is 15.9 Å². The average molecular weight is 281 g/mol. The Kier molecular flexibility index (Phi) is 3.36. The Morgan fingerprint density at radius 3 is 2.56 bits per heavy atom. The number of benzene rings is 1. The topological polar surface area (TPSA) is 56.7 Å². The predicted molar refractivity (Wildman–Crippen MR) is 66.0 cm³/mol. The number of hydrogen-bond donors (Lipinski definition) is 1. The van der Waals surface area contributed by atoms with Crippen molar-refractivity contribution in [2.24, 2.45) is 12.8 Å². The van der Waals surface area contributed by atoms with E-state index in [0.29, 0.717) is 6.54 Å². The Morgan fingerprint density at radius 1 is 1.38 bits per heavy atom. The molecular formula is C11H13BrN4. The molecule has 4 nitrogen and oxygen atoms in total. The fourth-order valence-electron chi connectivity index (χ4n) is 1.71. The van der Waals surface area contributed by atoms with Crippen LogP contribution in [0.25, 0.3) is 0 Å². The number of nitrogens with zero attached hydrogens (tertiary/aromatic N) is 3. The minimum absolute atomic E-state index is 0.0978. The van der Waals surface area contributed by atoms with Gasteiger partial charge in [-0.05, 0) is 17.7 Å². The van der Waals surface area contributed by atoms with E-state index >= 15 is 0 Å². The summed E-state index contributed by atoms with van der Waals surface area (Å²) in [5, 5.41) is 4.07. The van der Waals surface area contributed by atoms with Crippen molar-refractivity contribution >= 4 is 15.9 Å². The first-order valence-corrected chi connectivity index (χ1v) is 5.81.